The number of nitrogens with one attached hydrogen (secondary N) is 1. The highest BCUT2D eigenvalue weighted by Crippen LogP contribution is 2.26. The first-order chi connectivity index (χ1) is 10.2. The molecule has 1 saturated carbocycles. The van der Waals surface area contributed by atoms with Gasteiger partial charge in [-0.05, 0) is 31.2 Å². The van der Waals surface area contributed by atoms with Crippen LogP contribution >= 0.6 is 0 Å². The van der Waals surface area contributed by atoms with Crippen molar-refractivity contribution in [3.05, 3.63) is 42.5 Å². The molecule has 3 heteroatoms. The summed E-state index contributed by atoms with van der Waals surface area (Å²) in [5, 5.41) is 5.25. The molecule has 2 aromatic rings. The molecule has 0 bridgehead atoms. The number of hydrogen-bond acceptors (Lipinski definition) is 2. The summed E-state index contributed by atoms with van der Waals surface area (Å²) in [5.41, 5.74) is 0. The van der Waals surface area contributed by atoms with E-state index in [0.29, 0.717) is 6.04 Å². The fourth-order valence-corrected chi connectivity index (χ4v) is 2.93. The van der Waals surface area contributed by atoms with Crippen LogP contribution in [0.15, 0.2) is 42.5 Å². The van der Waals surface area contributed by atoms with Crippen molar-refractivity contribution in [2.45, 2.75) is 44.8 Å². The van der Waals surface area contributed by atoms with E-state index in [1.54, 1.807) is 0 Å². The Morgan fingerprint density at radius 3 is 2.67 bits per heavy atom. The zero-order valence-electron chi connectivity index (χ0n) is 12.3. The smallest absolute Gasteiger partial charge is 0.260 e. The molecule has 0 aromatic heterocycles. The maximum Gasteiger partial charge on any atom is 0.260 e. The van der Waals surface area contributed by atoms with E-state index in [2.05, 4.69) is 5.32 Å². The summed E-state index contributed by atoms with van der Waals surface area (Å²) in [6, 6.07) is 14.3. The minimum absolute atomic E-state index is 0.0187. The van der Waals surface area contributed by atoms with Crippen LogP contribution in [-0.4, -0.2) is 18.1 Å². The van der Waals surface area contributed by atoms with Crippen LogP contribution < -0.4 is 10.1 Å². The second-order valence-electron chi connectivity index (χ2n) is 5.73. The van der Waals surface area contributed by atoms with Crippen LogP contribution in [0, 0.1) is 0 Å². The number of benzene rings is 2. The van der Waals surface area contributed by atoms with Gasteiger partial charge in [-0.1, -0.05) is 49.2 Å². The molecule has 0 saturated heterocycles. The van der Waals surface area contributed by atoms with Crippen molar-refractivity contribution in [3.8, 4) is 5.75 Å². The van der Waals surface area contributed by atoms with E-state index in [0.717, 1.165) is 29.4 Å². The molecule has 3 rings (SSSR count). The third-order valence-electron chi connectivity index (χ3n) is 4.12. The van der Waals surface area contributed by atoms with Crippen molar-refractivity contribution in [2.75, 3.05) is 0 Å². The quantitative estimate of drug-likeness (QED) is 0.929. The predicted octanol–water partition coefficient (Wildman–Crippen LogP) is 3.67. The van der Waals surface area contributed by atoms with Crippen LogP contribution in [-0.2, 0) is 4.79 Å². The van der Waals surface area contributed by atoms with E-state index < -0.39 is 6.10 Å². The van der Waals surface area contributed by atoms with Gasteiger partial charge in [-0.2, -0.15) is 0 Å². The molecule has 0 spiro atoms. The van der Waals surface area contributed by atoms with E-state index in [1.807, 2.05) is 49.4 Å². The van der Waals surface area contributed by atoms with Gasteiger partial charge in [0, 0.05) is 11.4 Å². The van der Waals surface area contributed by atoms with Gasteiger partial charge in [0.05, 0.1) is 0 Å². The predicted molar refractivity (Wildman–Crippen MR) is 84.4 cm³/mol. The maximum absolute atomic E-state index is 12.2. The number of rotatable bonds is 4. The number of carbonyl (C=O) groups excluding carboxylic acids is 1. The molecule has 1 aliphatic rings. The maximum atomic E-state index is 12.2. The van der Waals surface area contributed by atoms with Crippen molar-refractivity contribution in [1.82, 2.24) is 5.32 Å². The first kappa shape index (κ1) is 13.9. The van der Waals surface area contributed by atoms with Gasteiger partial charge in [-0.25, -0.2) is 0 Å². The molecule has 110 valence electrons. The molecular weight excluding hydrogens is 262 g/mol. The molecule has 0 unspecified atom stereocenters. The summed E-state index contributed by atoms with van der Waals surface area (Å²) in [4.78, 5) is 12.2. The van der Waals surface area contributed by atoms with Gasteiger partial charge < -0.3 is 10.1 Å². The fourth-order valence-electron chi connectivity index (χ4n) is 2.93. The Labute approximate surface area is 125 Å². The highest BCUT2D eigenvalue weighted by atomic mass is 16.5. The highest BCUT2D eigenvalue weighted by Gasteiger charge is 2.21. The number of amides is 1. The molecule has 0 heterocycles. The molecule has 1 atom stereocenters. The molecule has 0 radical (unpaired) electrons. The van der Waals surface area contributed by atoms with Gasteiger partial charge in [0.2, 0.25) is 0 Å². The average Bonchev–Trinajstić information content (AvgIpc) is 3.00. The van der Waals surface area contributed by atoms with Crippen molar-refractivity contribution in [2.24, 2.45) is 0 Å². The molecule has 1 aliphatic carbocycles. The second kappa shape index (κ2) is 6.17. The summed E-state index contributed by atoms with van der Waals surface area (Å²) in [5.74, 6) is 0.747. The van der Waals surface area contributed by atoms with Crippen LogP contribution in [0.3, 0.4) is 0 Å². The molecule has 1 N–H and O–H groups in total. The van der Waals surface area contributed by atoms with E-state index in [9.17, 15) is 4.79 Å². The SMILES string of the molecule is C[C@H](Oc1cccc2ccccc12)C(=O)NC1CCCC1. The fraction of sp³-hybridized carbons (Fsp3) is 0.389. The summed E-state index contributed by atoms with van der Waals surface area (Å²) < 4.78 is 5.89. The summed E-state index contributed by atoms with van der Waals surface area (Å²) in [7, 11) is 0. The normalized spacial score (nSPS) is 16.8. The van der Waals surface area contributed by atoms with E-state index in [1.165, 1.54) is 12.8 Å². The van der Waals surface area contributed by atoms with Gasteiger partial charge in [0.15, 0.2) is 6.10 Å². The molecule has 0 aliphatic heterocycles. The Balaban J connectivity index is 1.70. The molecular formula is C18H21NO2. The number of hydrogen-bond donors (Lipinski definition) is 1. The van der Waals surface area contributed by atoms with Crippen molar-refractivity contribution < 1.29 is 9.53 Å². The van der Waals surface area contributed by atoms with Gasteiger partial charge in [-0.15, -0.1) is 0 Å². The van der Waals surface area contributed by atoms with Crippen LogP contribution in [0.1, 0.15) is 32.6 Å². The Bertz CT molecular complexity index is 627. The zero-order chi connectivity index (χ0) is 14.7. The molecule has 21 heavy (non-hydrogen) atoms. The van der Waals surface area contributed by atoms with Crippen LogP contribution in [0.4, 0.5) is 0 Å². The van der Waals surface area contributed by atoms with Crippen molar-refractivity contribution in [3.63, 3.8) is 0 Å². The topological polar surface area (TPSA) is 38.3 Å². The lowest BCUT2D eigenvalue weighted by molar-refractivity contribution is -0.127. The first-order valence-electron chi connectivity index (χ1n) is 7.69. The van der Waals surface area contributed by atoms with Crippen LogP contribution in [0.2, 0.25) is 0 Å². The Hall–Kier alpha value is -2.03. The zero-order valence-corrected chi connectivity index (χ0v) is 12.3. The van der Waals surface area contributed by atoms with Crippen molar-refractivity contribution in [1.29, 1.82) is 0 Å². The lowest BCUT2D eigenvalue weighted by atomic mass is 10.1. The van der Waals surface area contributed by atoms with Crippen molar-refractivity contribution >= 4 is 16.7 Å². The number of ether oxygens (including phenoxy) is 1. The van der Waals surface area contributed by atoms with Gasteiger partial charge >= 0.3 is 0 Å². The van der Waals surface area contributed by atoms with Crippen LogP contribution in [0.5, 0.6) is 5.75 Å². The summed E-state index contributed by atoms with van der Waals surface area (Å²) in [6.07, 6.45) is 4.13. The Kier molecular flexibility index (Phi) is 4.09. The lowest BCUT2D eigenvalue weighted by Gasteiger charge is -2.19. The third-order valence-corrected chi connectivity index (χ3v) is 4.12. The van der Waals surface area contributed by atoms with E-state index in [4.69, 9.17) is 4.74 Å². The minimum atomic E-state index is -0.476. The molecule has 1 fully saturated rings. The van der Waals surface area contributed by atoms with Gasteiger partial charge in [0.1, 0.15) is 5.75 Å². The average molecular weight is 283 g/mol. The second-order valence-corrected chi connectivity index (χ2v) is 5.73. The van der Waals surface area contributed by atoms with E-state index in [-0.39, 0.29) is 5.91 Å². The van der Waals surface area contributed by atoms with Gasteiger partial charge in [0.25, 0.3) is 5.91 Å². The number of carbonyl (C=O) groups is 1. The molecule has 2 aromatic carbocycles. The first-order valence-corrected chi connectivity index (χ1v) is 7.69. The molecule has 3 nitrogen and oxygen atoms in total. The Morgan fingerprint density at radius 1 is 1.14 bits per heavy atom. The van der Waals surface area contributed by atoms with Crippen LogP contribution in [0.25, 0.3) is 10.8 Å². The highest BCUT2D eigenvalue weighted by molar-refractivity contribution is 5.89. The molecule has 1 amide bonds. The summed E-state index contributed by atoms with van der Waals surface area (Å²) >= 11 is 0. The van der Waals surface area contributed by atoms with E-state index >= 15 is 0 Å². The Morgan fingerprint density at radius 2 is 1.86 bits per heavy atom. The lowest BCUT2D eigenvalue weighted by Crippen LogP contribution is -2.41. The standard InChI is InChI=1S/C18H21NO2/c1-13(18(20)19-15-9-3-4-10-15)21-17-12-6-8-14-7-2-5-11-16(14)17/h2,5-8,11-13,15H,3-4,9-10H2,1H3,(H,19,20)/t13-/m0/s1. The number of fused-ring (bicyclic) bond motifs is 1. The minimum Gasteiger partial charge on any atom is -0.480 e. The summed E-state index contributed by atoms with van der Waals surface area (Å²) in [6.45, 7) is 1.81. The largest absolute Gasteiger partial charge is 0.480 e. The van der Waals surface area contributed by atoms with Gasteiger partial charge in [-0.3, -0.25) is 4.79 Å². The monoisotopic (exact) mass is 283 g/mol. The third kappa shape index (κ3) is 3.18.